The number of hydrogen-bond acceptors (Lipinski definition) is 4. The summed E-state index contributed by atoms with van der Waals surface area (Å²) in [6.45, 7) is 1.17. The molecule has 124 valence electrons. The van der Waals surface area contributed by atoms with Gasteiger partial charge < -0.3 is 0 Å². The highest BCUT2D eigenvalue weighted by atomic mass is 32.2. The van der Waals surface area contributed by atoms with Crippen molar-refractivity contribution in [3.05, 3.63) is 29.8 Å². The monoisotopic (exact) mass is 336 g/mol. The van der Waals surface area contributed by atoms with Crippen molar-refractivity contribution in [2.24, 2.45) is 5.92 Å². The molecule has 3 rings (SSSR count). The van der Waals surface area contributed by atoms with Crippen LogP contribution in [0.25, 0.3) is 0 Å². The van der Waals surface area contributed by atoms with Crippen LogP contribution in [-0.2, 0) is 25.8 Å². The van der Waals surface area contributed by atoms with Gasteiger partial charge in [0, 0.05) is 25.3 Å². The molecule has 2 fully saturated rings. The fourth-order valence-electron chi connectivity index (χ4n) is 2.76. The summed E-state index contributed by atoms with van der Waals surface area (Å²) < 4.78 is 22.9. The van der Waals surface area contributed by atoms with Gasteiger partial charge in [0.05, 0.1) is 11.3 Å². The van der Waals surface area contributed by atoms with Gasteiger partial charge in [0.15, 0.2) is 9.84 Å². The second-order valence-electron chi connectivity index (χ2n) is 6.20. The molecule has 0 atom stereocenters. The van der Waals surface area contributed by atoms with Gasteiger partial charge in [-0.25, -0.2) is 8.42 Å². The third-order valence-corrected chi connectivity index (χ3v) is 5.34. The largest absolute Gasteiger partial charge is 0.273 e. The van der Waals surface area contributed by atoms with Crippen molar-refractivity contribution in [3.63, 3.8) is 0 Å². The minimum absolute atomic E-state index is 0.0586. The van der Waals surface area contributed by atoms with Gasteiger partial charge in [-0.05, 0) is 37.0 Å². The molecule has 1 aromatic carbocycles. The summed E-state index contributed by atoms with van der Waals surface area (Å²) in [5.74, 6) is 0.0318. The minimum Gasteiger partial charge on any atom is -0.273 e. The first-order valence-electron chi connectivity index (χ1n) is 7.77. The average Bonchev–Trinajstić information content (AvgIpc) is 3.22. The SMILES string of the molecule is CS(=O)(=O)c1ccc(CC(=O)N2CCCN2C(=O)C2CC2)cc1. The molecule has 2 aliphatic rings. The van der Waals surface area contributed by atoms with Crippen LogP contribution < -0.4 is 0 Å². The highest BCUT2D eigenvalue weighted by molar-refractivity contribution is 7.90. The molecular formula is C16H20N2O4S. The van der Waals surface area contributed by atoms with Crippen LogP contribution in [0.15, 0.2) is 29.2 Å². The van der Waals surface area contributed by atoms with Crippen LogP contribution in [0.3, 0.4) is 0 Å². The lowest BCUT2D eigenvalue weighted by Crippen LogP contribution is -2.46. The highest BCUT2D eigenvalue weighted by Gasteiger charge is 2.39. The molecule has 1 saturated heterocycles. The molecule has 7 heteroatoms. The number of hydrazine groups is 1. The zero-order chi connectivity index (χ0) is 16.6. The van der Waals surface area contributed by atoms with Crippen molar-refractivity contribution in [2.75, 3.05) is 19.3 Å². The van der Waals surface area contributed by atoms with E-state index in [0.717, 1.165) is 31.1 Å². The summed E-state index contributed by atoms with van der Waals surface area (Å²) in [4.78, 5) is 24.9. The Hall–Kier alpha value is -1.89. The number of carbonyl (C=O) groups is 2. The zero-order valence-electron chi connectivity index (χ0n) is 13.1. The molecule has 0 aromatic heterocycles. The predicted octanol–water partition coefficient (Wildman–Crippen LogP) is 1.02. The third-order valence-electron chi connectivity index (χ3n) is 4.21. The number of hydrogen-bond donors (Lipinski definition) is 0. The molecule has 0 bridgehead atoms. The first-order chi connectivity index (χ1) is 10.9. The van der Waals surface area contributed by atoms with Crippen molar-refractivity contribution >= 4 is 21.7 Å². The van der Waals surface area contributed by atoms with E-state index in [0.29, 0.717) is 13.1 Å². The first-order valence-corrected chi connectivity index (χ1v) is 9.66. The van der Waals surface area contributed by atoms with Crippen LogP contribution in [0, 0.1) is 5.92 Å². The van der Waals surface area contributed by atoms with Gasteiger partial charge in [-0.2, -0.15) is 0 Å². The number of carbonyl (C=O) groups excluding carboxylic acids is 2. The molecule has 1 aliphatic carbocycles. The number of nitrogens with zero attached hydrogens (tertiary/aromatic N) is 2. The van der Waals surface area contributed by atoms with Crippen LogP contribution in [0.1, 0.15) is 24.8 Å². The zero-order valence-corrected chi connectivity index (χ0v) is 13.9. The van der Waals surface area contributed by atoms with Crippen molar-refractivity contribution in [1.82, 2.24) is 10.0 Å². The summed E-state index contributed by atoms with van der Waals surface area (Å²) in [5.41, 5.74) is 0.744. The Bertz CT molecular complexity index is 723. The van der Waals surface area contributed by atoms with Crippen molar-refractivity contribution in [2.45, 2.75) is 30.6 Å². The Kier molecular flexibility index (Phi) is 4.14. The van der Waals surface area contributed by atoms with Crippen LogP contribution in [0.2, 0.25) is 0 Å². The number of sulfone groups is 1. The molecule has 1 saturated carbocycles. The van der Waals surface area contributed by atoms with E-state index in [4.69, 9.17) is 0 Å². The molecule has 2 amide bonds. The summed E-state index contributed by atoms with van der Waals surface area (Å²) in [6, 6.07) is 6.32. The maximum atomic E-state index is 12.5. The summed E-state index contributed by atoms with van der Waals surface area (Å²) in [7, 11) is -3.23. The second-order valence-corrected chi connectivity index (χ2v) is 8.21. The van der Waals surface area contributed by atoms with E-state index in [1.54, 1.807) is 22.2 Å². The van der Waals surface area contributed by atoms with Crippen LogP contribution in [-0.4, -0.2) is 49.6 Å². The van der Waals surface area contributed by atoms with Crippen LogP contribution >= 0.6 is 0 Å². The molecule has 1 aromatic rings. The third kappa shape index (κ3) is 3.55. The normalized spacial score (nSPS) is 18.3. The van der Waals surface area contributed by atoms with Crippen molar-refractivity contribution in [3.8, 4) is 0 Å². The molecule has 0 N–H and O–H groups in total. The van der Waals surface area contributed by atoms with E-state index in [9.17, 15) is 18.0 Å². The molecule has 0 unspecified atom stereocenters. The number of rotatable bonds is 4. The molecular weight excluding hydrogens is 316 g/mol. The van der Waals surface area contributed by atoms with E-state index in [-0.39, 0.29) is 29.0 Å². The molecule has 23 heavy (non-hydrogen) atoms. The van der Waals surface area contributed by atoms with E-state index < -0.39 is 9.84 Å². The fraction of sp³-hybridized carbons (Fsp3) is 0.500. The maximum Gasteiger partial charge on any atom is 0.245 e. The lowest BCUT2D eigenvalue weighted by molar-refractivity contribution is -0.158. The summed E-state index contributed by atoms with van der Waals surface area (Å²) >= 11 is 0. The topological polar surface area (TPSA) is 74.8 Å². The Morgan fingerprint density at radius 1 is 1.09 bits per heavy atom. The molecule has 6 nitrogen and oxygen atoms in total. The second kappa shape index (κ2) is 5.96. The van der Waals surface area contributed by atoms with E-state index >= 15 is 0 Å². The average molecular weight is 336 g/mol. The van der Waals surface area contributed by atoms with Gasteiger partial charge in [0.1, 0.15) is 0 Å². The van der Waals surface area contributed by atoms with Crippen molar-refractivity contribution < 1.29 is 18.0 Å². The quantitative estimate of drug-likeness (QED) is 0.823. The van der Waals surface area contributed by atoms with Crippen molar-refractivity contribution in [1.29, 1.82) is 0 Å². The minimum atomic E-state index is -3.23. The fourth-order valence-corrected chi connectivity index (χ4v) is 3.39. The van der Waals surface area contributed by atoms with Crippen LogP contribution in [0.4, 0.5) is 0 Å². The summed E-state index contributed by atoms with van der Waals surface area (Å²) in [5, 5.41) is 3.13. The van der Waals surface area contributed by atoms with Gasteiger partial charge in [-0.3, -0.25) is 19.6 Å². The van der Waals surface area contributed by atoms with Gasteiger partial charge in [0.25, 0.3) is 0 Å². The maximum absolute atomic E-state index is 12.5. The number of amides is 2. The lowest BCUT2D eigenvalue weighted by atomic mass is 10.1. The van der Waals surface area contributed by atoms with Gasteiger partial charge >= 0.3 is 0 Å². The predicted molar refractivity (Wildman–Crippen MR) is 84.0 cm³/mol. The smallest absolute Gasteiger partial charge is 0.245 e. The van der Waals surface area contributed by atoms with E-state index in [1.807, 2.05) is 0 Å². The van der Waals surface area contributed by atoms with Gasteiger partial charge in [-0.1, -0.05) is 12.1 Å². The van der Waals surface area contributed by atoms with Gasteiger partial charge in [-0.15, -0.1) is 0 Å². The molecule has 1 aliphatic heterocycles. The Morgan fingerprint density at radius 2 is 1.70 bits per heavy atom. The molecule has 0 radical (unpaired) electrons. The van der Waals surface area contributed by atoms with Gasteiger partial charge in [0.2, 0.25) is 11.8 Å². The Morgan fingerprint density at radius 3 is 2.26 bits per heavy atom. The van der Waals surface area contributed by atoms with Crippen LogP contribution in [0.5, 0.6) is 0 Å². The van der Waals surface area contributed by atoms with E-state index in [1.165, 1.54) is 12.1 Å². The lowest BCUT2D eigenvalue weighted by Gasteiger charge is -2.28. The van der Waals surface area contributed by atoms with E-state index in [2.05, 4.69) is 0 Å². The standard InChI is InChI=1S/C16H20N2O4S/c1-23(21,22)14-7-3-12(4-8-14)11-15(19)17-9-2-10-18(17)16(20)13-5-6-13/h3-4,7-8,13H,2,5-6,9-11H2,1H3. The first kappa shape index (κ1) is 16.0. The highest BCUT2D eigenvalue weighted by Crippen LogP contribution is 2.32. The molecule has 1 heterocycles. The Labute approximate surface area is 136 Å². The summed E-state index contributed by atoms with van der Waals surface area (Å²) in [6.07, 6.45) is 3.96. The Balaban J connectivity index is 1.67. The number of benzene rings is 1. The molecule has 0 spiro atoms.